The molecule has 15 heavy (non-hydrogen) atoms. The lowest BCUT2D eigenvalue weighted by atomic mass is 10.0. The topological polar surface area (TPSA) is 77.8 Å². The van der Waals surface area contributed by atoms with Crippen LogP contribution in [-0.2, 0) is 0 Å². The van der Waals surface area contributed by atoms with Crippen molar-refractivity contribution in [3.63, 3.8) is 0 Å². The zero-order valence-corrected chi connectivity index (χ0v) is 9.27. The normalized spacial score (nSPS) is 18.1. The lowest BCUT2D eigenvalue weighted by Crippen LogP contribution is -2.19. The lowest BCUT2D eigenvalue weighted by Gasteiger charge is -2.15. The van der Waals surface area contributed by atoms with Crippen molar-refractivity contribution < 1.29 is 0 Å². The zero-order chi connectivity index (χ0) is 11.0. The number of nitrogens with two attached hydrogens (primary N) is 2. The number of nitrogens with zero attached hydrogens (tertiary/aromatic N) is 2. The molecular formula is C11H18N4. The summed E-state index contributed by atoms with van der Waals surface area (Å²) in [6.45, 7) is 4.17. The average Bonchev–Trinajstić information content (AvgIpc) is 2.98. The van der Waals surface area contributed by atoms with Gasteiger partial charge in [0.05, 0.1) is 5.69 Å². The Hall–Kier alpha value is -1.16. The molecule has 0 aliphatic heterocycles. The maximum atomic E-state index is 6.05. The van der Waals surface area contributed by atoms with Crippen molar-refractivity contribution in [1.29, 1.82) is 0 Å². The Kier molecular flexibility index (Phi) is 2.61. The van der Waals surface area contributed by atoms with Crippen LogP contribution in [0.4, 0.5) is 5.82 Å². The molecule has 1 saturated carbocycles. The van der Waals surface area contributed by atoms with E-state index in [1.165, 1.54) is 12.8 Å². The number of anilines is 1. The highest BCUT2D eigenvalue weighted by Crippen LogP contribution is 2.38. The van der Waals surface area contributed by atoms with E-state index in [0.29, 0.717) is 17.7 Å². The van der Waals surface area contributed by atoms with E-state index < -0.39 is 0 Å². The van der Waals surface area contributed by atoms with Crippen molar-refractivity contribution in [1.82, 2.24) is 9.97 Å². The standard InChI is InChI=1S/C11H18N4/c1-6(2)10(13)8-5-9(12)15-11(14-8)7-3-4-7/h5-7,10H,3-4,13H2,1-2H3,(H2,12,14,15)/t10-/m0/s1. The second-order valence-electron chi connectivity index (χ2n) is 4.62. The molecule has 1 fully saturated rings. The van der Waals surface area contributed by atoms with Gasteiger partial charge in [-0.15, -0.1) is 0 Å². The van der Waals surface area contributed by atoms with Crippen LogP contribution >= 0.6 is 0 Å². The minimum atomic E-state index is -0.0483. The highest BCUT2D eigenvalue weighted by atomic mass is 15.0. The summed E-state index contributed by atoms with van der Waals surface area (Å²) in [7, 11) is 0. The first-order valence-corrected chi connectivity index (χ1v) is 5.48. The van der Waals surface area contributed by atoms with Crippen molar-refractivity contribution in [2.75, 3.05) is 5.73 Å². The lowest BCUT2D eigenvalue weighted by molar-refractivity contribution is 0.500. The van der Waals surface area contributed by atoms with Gasteiger partial charge in [-0.2, -0.15) is 0 Å². The average molecular weight is 206 g/mol. The first-order chi connectivity index (χ1) is 7.08. The third kappa shape index (κ3) is 2.26. The van der Waals surface area contributed by atoms with Gasteiger partial charge in [-0.1, -0.05) is 13.8 Å². The molecule has 4 heteroatoms. The first-order valence-electron chi connectivity index (χ1n) is 5.48. The minimum Gasteiger partial charge on any atom is -0.384 e. The molecule has 0 unspecified atom stereocenters. The van der Waals surface area contributed by atoms with Crippen molar-refractivity contribution in [3.8, 4) is 0 Å². The van der Waals surface area contributed by atoms with Gasteiger partial charge in [0, 0.05) is 18.0 Å². The van der Waals surface area contributed by atoms with Crippen molar-refractivity contribution in [3.05, 3.63) is 17.6 Å². The molecule has 0 spiro atoms. The molecule has 0 amide bonds. The van der Waals surface area contributed by atoms with Crippen LogP contribution < -0.4 is 11.5 Å². The molecule has 1 aromatic heterocycles. The molecule has 0 saturated heterocycles. The summed E-state index contributed by atoms with van der Waals surface area (Å²) >= 11 is 0. The minimum absolute atomic E-state index is 0.0483. The quantitative estimate of drug-likeness (QED) is 0.787. The van der Waals surface area contributed by atoms with Gasteiger partial charge in [-0.25, -0.2) is 9.97 Å². The fourth-order valence-electron chi connectivity index (χ4n) is 1.54. The summed E-state index contributed by atoms with van der Waals surface area (Å²) in [6, 6.07) is 1.74. The van der Waals surface area contributed by atoms with E-state index >= 15 is 0 Å². The van der Waals surface area contributed by atoms with Gasteiger partial charge in [0.1, 0.15) is 11.6 Å². The molecule has 2 rings (SSSR count). The molecule has 1 heterocycles. The van der Waals surface area contributed by atoms with E-state index in [-0.39, 0.29) is 6.04 Å². The highest BCUT2D eigenvalue weighted by molar-refractivity contribution is 5.32. The Morgan fingerprint density at radius 2 is 2.00 bits per heavy atom. The number of rotatable bonds is 3. The summed E-state index contributed by atoms with van der Waals surface area (Å²) in [6.07, 6.45) is 2.36. The predicted molar refractivity (Wildman–Crippen MR) is 60.2 cm³/mol. The molecule has 0 bridgehead atoms. The van der Waals surface area contributed by atoms with Gasteiger partial charge >= 0.3 is 0 Å². The summed E-state index contributed by atoms with van der Waals surface area (Å²) in [4.78, 5) is 8.75. The highest BCUT2D eigenvalue weighted by Gasteiger charge is 2.27. The largest absolute Gasteiger partial charge is 0.384 e. The van der Waals surface area contributed by atoms with E-state index in [1.807, 2.05) is 0 Å². The van der Waals surface area contributed by atoms with Crippen molar-refractivity contribution in [2.24, 2.45) is 11.7 Å². The van der Waals surface area contributed by atoms with E-state index in [9.17, 15) is 0 Å². The molecule has 1 aliphatic rings. The molecule has 1 atom stereocenters. The second kappa shape index (κ2) is 3.77. The molecule has 4 N–H and O–H groups in total. The van der Waals surface area contributed by atoms with Crippen LogP contribution in [0.25, 0.3) is 0 Å². The molecule has 4 nitrogen and oxygen atoms in total. The Morgan fingerprint density at radius 1 is 1.33 bits per heavy atom. The maximum Gasteiger partial charge on any atom is 0.134 e. The molecule has 1 aromatic rings. The number of aromatic nitrogens is 2. The van der Waals surface area contributed by atoms with Crippen LogP contribution in [0, 0.1) is 5.92 Å². The van der Waals surface area contributed by atoms with Gasteiger partial charge in [0.15, 0.2) is 0 Å². The maximum absolute atomic E-state index is 6.05. The fraction of sp³-hybridized carbons (Fsp3) is 0.636. The van der Waals surface area contributed by atoms with Crippen LogP contribution in [0.2, 0.25) is 0 Å². The van der Waals surface area contributed by atoms with Crippen LogP contribution in [0.3, 0.4) is 0 Å². The zero-order valence-electron chi connectivity index (χ0n) is 9.27. The third-order valence-corrected chi connectivity index (χ3v) is 2.79. The van der Waals surface area contributed by atoms with Crippen LogP contribution in [0.5, 0.6) is 0 Å². The van der Waals surface area contributed by atoms with Gasteiger partial charge in [-0.3, -0.25) is 0 Å². The fourth-order valence-corrected chi connectivity index (χ4v) is 1.54. The Morgan fingerprint density at radius 3 is 2.53 bits per heavy atom. The molecule has 0 aromatic carbocycles. The van der Waals surface area contributed by atoms with Crippen LogP contribution in [0.15, 0.2) is 6.07 Å². The van der Waals surface area contributed by atoms with Gasteiger partial charge < -0.3 is 11.5 Å². The molecular weight excluding hydrogens is 188 g/mol. The van der Waals surface area contributed by atoms with E-state index in [2.05, 4.69) is 23.8 Å². The summed E-state index contributed by atoms with van der Waals surface area (Å²) in [5.41, 5.74) is 12.7. The predicted octanol–water partition coefficient (Wildman–Crippen LogP) is 1.59. The Bertz CT molecular complexity index is 358. The third-order valence-electron chi connectivity index (χ3n) is 2.79. The van der Waals surface area contributed by atoms with Crippen molar-refractivity contribution in [2.45, 2.75) is 38.6 Å². The Balaban J connectivity index is 2.30. The number of hydrogen-bond donors (Lipinski definition) is 2. The van der Waals surface area contributed by atoms with Crippen LogP contribution in [0.1, 0.15) is 50.2 Å². The summed E-state index contributed by atoms with van der Waals surface area (Å²) < 4.78 is 0. The first kappa shape index (κ1) is 10.4. The van der Waals surface area contributed by atoms with E-state index in [0.717, 1.165) is 11.5 Å². The molecule has 0 radical (unpaired) electrons. The SMILES string of the molecule is CC(C)[C@H](N)c1cc(N)nc(C2CC2)n1. The van der Waals surface area contributed by atoms with Crippen molar-refractivity contribution >= 4 is 5.82 Å². The molecule has 82 valence electrons. The monoisotopic (exact) mass is 206 g/mol. The molecule has 1 aliphatic carbocycles. The Labute approximate surface area is 90.1 Å². The summed E-state index contributed by atoms with van der Waals surface area (Å²) in [5.74, 6) is 2.30. The van der Waals surface area contributed by atoms with Gasteiger partial charge in [-0.05, 0) is 18.8 Å². The smallest absolute Gasteiger partial charge is 0.134 e. The van der Waals surface area contributed by atoms with E-state index in [4.69, 9.17) is 11.5 Å². The second-order valence-corrected chi connectivity index (χ2v) is 4.62. The summed E-state index contributed by atoms with van der Waals surface area (Å²) in [5, 5.41) is 0. The van der Waals surface area contributed by atoms with Gasteiger partial charge in [0.2, 0.25) is 0 Å². The number of nitrogen functional groups attached to an aromatic ring is 1. The number of hydrogen-bond acceptors (Lipinski definition) is 4. The van der Waals surface area contributed by atoms with E-state index in [1.54, 1.807) is 6.07 Å². The van der Waals surface area contributed by atoms with Crippen LogP contribution in [-0.4, -0.2) is 9.97 Å². The van der Waals surface area contributed by atoms with Gasteiger partial charge in [0.25, 0.3) is 0 Å².